The number of hydrogen-bond acceptors (Lipinski definition) is 4. The number of carbonyl (C=O) groups excluding carboxylic acids is 1. The van der Waals surface area contributed by atoms with Crippen LogP contribution in [0.15, 0.2) is 30.3 Å². The van der Waals surface area contributed by atoms with E-state index in [9.17, 15) is 13.2 Å². The number of hydrogen-bond donors (Lipinski definition) is 1. The summed E-state index contributed by atoms with van der Waals surface area (Å²) in [7, 11) is -3.09. The predicted molar refractivity (Wildman–Crippen MR) is 95.3 cm³/mol. The number of amides is 1. The Labute approximate surface area is 144 Å². The van der Waals surface area contributed by atoms with Gasteiger partial charge in [0, 0.05) is 39.3 Å². The highest BCUT2D eigenvalue weighted by atomic mass is 32.2. The van der Waals surface area contributed by atoms with E-state index in [0.717, 1.165) is 18.5 Å². The molecule has 1 atom stereocenters. The van der Waals surface area contributed by atoms with Crippen molar-refractivity contribution in [1.82, 2.24) is 14.5 Å². The van der Waals surface area contributed by atoms with Crippen molar-refractivity contribution in [2.45, 2.75) is 19.3 Å². The van der Waals surface area contributed by atoms with Gasteiger partial charge in [0.25, 0.3) is 0 Å². The Hall–Kier alpha value is -1.44. The van der Waals surface area contributed by atoms with E-state index in [2.05, 4.69) is 10.2 Å². The Morgan fingerprint density at radius 1 is 1.17 bits per heavy atom. The molecule has 6 nitrogen and oxygen atoms in total. The van der Waals surface area contributed by atoms with Crippen molar-refractivity contribution < 1.29 is 13.2 Å². The average Bonchev–Trinajstić information content (AvgIpc) is 2.56. The monoisotopic (exact) mass is 353 g/mol. The SMILES string of the molecule is CCC(C(=O)NCCN1CCN(S(C)(=O)=O)CC1)c1ccccc1. The highest BCUT2D eigenvalue weighted by Gasteiger charge is 2.23. The highest BCUT2D eigenvalue weighted by molar-refractivity contribution is 7.88. The van der Waals surface area contributed by atoms with Gasteiger partial charge in [-0.2, -0.15) is 4.31 Å². The molecule has 1 heterocycles. The van der Waals surface area contributed by atoms with Gasteiger partial charge in [0.05, 0.1) is 12.2 Å². The molecule has 0 aliphatic carbocycles. The van der Waals surface area contributed by atoms with E-state index in [1.807, 2.05) is 37.3 Å². The maximum Gasteiger partial charge on any atom is 0.227 e. The van der Waals surface area contributed by atoms with Crippen LogP contribution in [-0.2, 0) is 14.8 Å². The van der Waals surface area contributed by atoms with Crippen LogP contribution < -0.4 is 5.32 Å². The zero-order valence-corrected chi connectivity index (χ0v) is 15.3. The number of sulfonamides is 1. The van der Waals surface area contributed by atoms with Gasteiger partial charge in [-0.1, -0.05) is 37.3 Å². The molecule has 0 aromatic heterocycles. The van der Waals surface area contributed by atoms with Gasteiger partial charge < -0.3 is 5.32 Å². The molecule has 1 aromatic rings. The lowest BCUT2D eigenvalue weighted by Gasteiger charge is -2.33. The van der Waals surface area contributed by atoms with Crippen LogP contribution in [0.5, 0.6) is 0 Å². The molecule has 1 saturated heterocycles. The molecule has 0 radical (unpaired) electrons. The molecule has 0 saturated carbocycles. The fourth-order valence-corrected chi connectivity index (χ4v) is 3.83. The molecule has 1 unspecified atom stereocenters. The van der Waals surface area contributed by atoms with E-state index in [0.29, 0.717) is 32.7 Å². The summed E-state index contributed by atoms with van der Waals surface area (Å²) in [6.07, 6.45) is 2.01. The minimum atomic E-state index is -3.09. The van der Waals surface area contributed by atoms with Crippen molar-refractivity contribution in [3.8, 4) is 0 Å². The number of nitrogens with one attached hydrogen (secondary N) is 1. The van der Waals surface area contributed by atoms with E-state index >= 15 is 0 Å². The molecule has 1 aliphatic rings. The Morgan fingerprint density at radius 3 is 2.33 bits per heavy atom. The first-order valence-electron chi connectivity index (χ1n) is 8.42. The third kappa shape index (κ3) is 5.29. The van der Waals surface area contributed by atoms with Crippen molar-refractivity contribution in [2.24, 2.45) is 0 Å². The summed E-state index contributed by atoms with van der Waals surface area (Å²) in [6.45, 7) is 5.80. The summed E-state index contributed by atoms with van der Waals surface area (Å²) in [6, 6.07) is 9.82. The standard InChI is InChI=1S/C17H27N3O3S/c1-3-16(15-7-5-4-6-8-15)17(21)18-9-10-19-11-13-20(14-12-19)24(2,22)23/h4-8,16H,3,9-14H2,1-2H3,(H,18,21). The Bertz CT molecular complexity index is 626. The van der Waals surface area contributed by atoms with Crippen LogP contribution in [0, 0.1) is 0 Å². The first-order chi connectivity index (χ1) is 11.4. The van der Waals surface area contributed by atoms with Crippen molar-refractivity contribution in [1.29, 1.82) is 0 Å². The number of piperazine rings is 1. The number of carbonyl (C=O) groups is 1. The molecule has 1 amide bonds. The summed E-state index contributed by atoms with van der Waals surface area (Å²) in [5, 5.41) is 3.01. The maximum atomic E-state index is 12.4. The topological polar surface area (TPSA) is 69.7 Å². The Morgan fingerprint density at radius 2 is 1.79 bits per heavy atom. The molecule has 1 fully saturated rings. The predicted octanol–water partition coefficient (Wildman–Crippen LogP) is 0.874. The van der Waals surface area contributed by atoms with Crippen LogP contribution in [0.3, 0.4) is 0 Å². The maximum absolute atomic E-state index is 12.4. The lowest BCUT2D eigenvalue weighted by Crippen LogP contribution is -2.50. The van der Waals surface area contributed by atoms with Gasteiger partial charge >= 0.3 is 0 Å². The Kier molecular flexibility index (Phi) is 6.77. The molecule has 24 heavy (non-hydrogen) atoms. The smallest absolute Gasteiger partial charge is 0.227 e. The van der Waals surface area contributed by atoms with Crippen LogP contribution >= 0.6 is 0 Å². The van der Waals surface area contributed by atoms with E-state index in [4.69, 9.17) is 0 Å². The van der Waals surface area contributed by atoms with Gasteiger partial charge in [-0.05, 0) is 12.0 Å². The fraction of sp³-hybridized carbons (Fsp3) is 0.588. The quantitative estimate of drug-likeness (QED) is 0.790. The van der Waals surface area contributed by atoms with Gasteiger partial charge in [0.2, 0.25) is 15.9 Å². The van der Waals surface area contributed by atoms with Crippen molar-refractivity contribution in [3.05, 3.63) is 35.9 Å². The molecule has 1 N–H and O–H groups in total. The van der Waals surface area contributed by atoms with E-state index in [1.165, 1.54) is 10.6 Å². The van der Waals surface area contributed by atoms with Gasteiger partial charge in [0.15, 0.2) is 0 Å². The summed E-state index contributed by atoms with van der Waals surface area (Å²) < 4.78 is 24.5. The third-order valence-electron chi connectivity index (χ3n) is 4.45. The molecule has 0 bridgehead atoms. The van der Waals surface area contributed by atoms with Gasteiger partial charge in [0.1, 0.15) is 0 Å². The molecule has 134 valence electrons. The first kappa shape index (κ1) is 18.9. The van der Waals surface area contributed by atoms with Crippen LogP contribution in [0.1, 0.15) is 24.8 Å². The third-order valence-corrected chi connectivity index (χ3v) is 5.76. The van der Waals surface area contributed by atoms with Crippen molar-refractivity contribution >= 4 is 15.9 Å². The van der Waals surface area contributed by atoms with Crippen LogP contribution in [0.25, 0.3) is 0 Å². The summed E-state index contributed by atoms with van der Waals surface area (Å²) in [5.74, 6) is -0.0632. The van der Waals surface area contributed by atoms with Gasteiger partial charge in [-0.15, -0.1) is 0 Å². The number of rotatable bonds is 7. The van der Waals surface area contributed by atoms with Crippen LogP contribution in [0.4, 0.5) is 0 Å². The molecule has 0 spiro atoms. The highest BCUT2D eigenvalue weighted by Crippen LogP contribution is 2.19. The molecule has 1 aliphatic heterocycles. The van der Waals surface area contributed by atoms with Crippen molar-refractivity contribution in [2.75, 3.05) is 45.5 Å². The molecule has 2 rings (SSSR count). The second-order valence-corrected chi connectivity index (χ2v) is 8.15. The second kappa shape index (κ2) is 8.60. The molecule has 7 heteroatoms. The zero-order chi connectivity index (χ0) is 17.6. The lowest BCUT2D eigenvalue weighted by atomic mass is 9.96. The number of nitrogens with zero attached hydrogens (tertiary/aromatic N) is 2. The summed E-state index contributed by atoms with van der Waals surface area (Å²) >= 11 is 0. The number of benzene rings is 1. The van der Waals surface area contributed by atoms with Gasteiger partial charge in [-0.3, -0.25) is 9.69 Å². The lowest BCUT2D eigenvalue weighted by molar-refractivity contribution is -0.122. The zero-order valence-electron chi connectivity index (χ0n) is 14.4. The van der Waals surface area contributed by atoms with E-state index in [1.54, 1.807) is 0 Å². The average molecular weight is 353 g/mol. The van der Waals surface area contributed by atoms with Crippen LogP contribution in [-0.4, -0.2) is 69.1 Å². The Balaban J connectivity index is 1.75. The van der Waals surface area contributed by atoms with E-state index < -0.39 is 10.0 Å². The molecular formula is C17H27N3O3S. The minimum absolute atomic E-state index is 0.0541. The second-order valence-electron chi connectivity index (χ2n) is 6.17. The molecular weight excluding hydrogens is 326 g/mol. The first-order valence-corrected chi connectivity index (χ1v) is 10.3. The largest absolute Gasteiger partial charge is 0.354 e. The van der Waals surface area contributed by atoms with Gasteiger partial charge in [-0.25, -0.2) is 8.42 Å². The molecule has 1 aromatic carbocycles. The minimum Gasteiger partial charge on any atom is -0.354 e. The fourth-order valence-electron chi connectivity index (χ4n) is 3.00. The van der Waals surface area contributed by atoms with Crippen LogP contribution in [0.2, 0.25) is 0 Å². The van der Waals surface area contributed by atoms with E-state index in [-0.39, 0.29) is 11.8 Å². The van der Waals surface area contributed by atoms with Crippen molar-refractivity contribution in [3.63, 3.8) is 0 Å². The summed E-state index contributed by atoms with van der Waals surface area (Å²) in [5.41, 5.74) is 1.04. The normalized spacial score (nSPS) is 18.2. The summed E-state index contributed by atoms with van der Waals surface area (Å²) in [4.78, 5) is 14.6.